The zero-order valence-electron chi connectivity index (χ0n) is 18.8. The Labute approximate surface area is 207 Å². The lowest BCUT2D eigenvalue weighted by molar-refractivity contribution is -0.129. The SMILES string of the molecule is C=C(C[C@H](Cc1ccccc1)NC(=O)[C@H](Cc1nc2ccc(Cl)cc2s1)NC(=O)CC)C(N)=O. The molecular formula is C25H27ClN4O3S. The molecule has 0 fully saturated rings. The van der Waals surface area contributed by atoms with Crippen LogP contribution in [0.25, 0.3) is 10.2 Å². The monoisotopic (exact) mass is 498 g/mol. The van der Waals surface area contributed by atoms with Gasteiger partial charge in [-0.15, -0.1) is 11.3 Å². The number of thiazole rings is 1. The van der Waals surface area contributed by atoms with E-state index in [1.54, 1.807) is 13.0 Å². The van der Waals surface area contributed by atoms with Gasteiger partial charge in [0, 0.05) is 29.5 Å². The van der Waals surface area contributed by atoms with Gasteiger partial charge in [-0.05, 0) is 36.6 Å². The highest BCUT2D eigenvalue weighted by atomic mass is 35.5. The van der Waals surface area contributed by atoms with Gasteiger partial charge in [-0.25, -0.2) is 4.98 Å². The number of nitrogens with two attached hydrogens (primary N) is 1. The average Bonchev–Trinajstić information content (AvgIpc) is 3.20. The Hall–Kier alpha value is -3.23. The standard InChI is InChI=1S/C25H27ClN4O3S/c1-3-22(31)29-20(14-23-30-19-10-9-17(26)13-21(19)34-23)25(33)28-18(11-15(2)24(27)32)12-16-7-5-4-6-8-16/h4-10,13,18,20H,2-3,11-12,14H2,1H3,(H2,27,32)(H,28,33)(H,29,31)/t18-,20+/m1/s1. The lowest BCUT2D eigenvalue weighted by atomic mass is 9.98. The fourth-order valence-electron chi connectivity index (χ4n) is 3.49. The maximum absolute atomic E-state index is 13.3. The summed E-state index contributed by atoms with van der Waals surface area (Å²) in [6.07, 6.45) is 1.14. The van der Waals surface area contributed by atoms with Crippen molar-refractivity contribution in [2.75, 3.05) is 0 Å². The summed E-state index contributed by atoms with van der Waals surface area (Å²) in [5.41, 5.74) is 7.37. The van der Waals surface area contributed by atoms with Crippen molar-refractivity contribution < 1.29 is 14.4 Å². The van der Waals surface area contributed by atoms with E-state index in [4.69, 9.17) is 17.3 Å². The van der Waals surface area contributed by atoms with Gasteiger partial charge in [0.05, 0.1) is 15.2 Å². The predicted molar refractivity (Wildman–Crippen MR) is 136 cm³/mol. The molecule has 1 aromatic heterocycles. The number of carbonyl (C=O) groups is 3. The second kappa shape index (κ2) is 11.8. The molecule has 2 atom stereocenters. The molecule has 178 valence electrons. The lowest BCUT2D eigenvalue weighted by Crippen LogP contribution is -2.51. The van der Waals surface area contributed by atoms with Crippen LogP contribution in [0, 0.1) is 0 Å². The van der Waals surface area contributed by atoms with Crippen molar-refractivity contribution in [2.24, 2.45) is 5.73 Å². The van der Waals surface area contributed by atoms with Crippen molar-refractivity contribution >= 4 is 50.9 Å². The lowest BCUT2D eigenvalue weighted by Gasteiger charge is -2.23. The van der Waals surface area contributed by atoms with Crippen molar-refractivity contribution in [3.8, 4) is 0 Å². The van der Waals surface area contributed by atoms with E-state index in [-0.39, 0.29) is 36.6 Å². The molecule has 0 aliphatic heterocycles. The third-order valence-electron chi connectivity index (χ3n) is 5.26. The first-order valence-corrected chi connectivity index (χ1v) is 12.1. The van der Waals surface area contributed by atoms with Crippen molar-refractivity contribution in [1.82, 2.24) is 15.6 Å². The topological polar surface area (TPSA) is 114 Å². The number of nitrogens with one attached hydrogen (secondary N) is 2. The van der Waals surface area contributed by atoms with Crippen LogP contribution in [0.15, 0.2) is 60.7 Å². The largest absolute Gasteiger partial charge is 0.366 e. The molecule has 1 heterocycles. The molecule has 3 rings (SSSR count). The fourth-order valence-corrected chi connectivity index (χ4v) is 4.78. The molecule has 0 aliphatic carbocycles. The first kappa shape index (κ1) is 25.4. The first-order valence-electron chi connectivity index (χ1n) is 10.9. The molecule has 0 spiro atoms. The molecule has 0 aliphatic rings. The Kier molecular flexibility index (Phi) is 8.79. The number of carbonyl (C=O) groups excluding carboxylic acids is 3. The summed E-state index contributed by atoms with van der Waals surface area (Å²) in [6, 6.07) is 13.7. The van der Waals surface area contributed by atoms with Gasteiger partial charge in [-0.1, -0.05) is 55.4 Å². The van der Waals surface area contributed by atoms with Crippen LogP contribution in [0.3, 0.4) is 0 Å². The van der Waals surface area contributed by atoms with Gasteiger partial charge in [-0.2, -0.15) is 0 Å². The van der Waals surface area contributed by atoms with Crippen molar-refractivity contribution in [3.63, 3.8) is 0 Å². The summed E-state index contributed by atoms with van der Waals surface area (Å²) in [5, 5.41) is 7.08. The minimum absolute atomic E-state index is 0.198. The highest BCUT2D eigenvalue weighted by Gasteiger charge is 2.26. The molecule has 0 bridgehead atoms. The maximum Gasteiger partial charge on any atom is 0.244 e. The number of halogens is 1. The summed E-state index contributed by atoms with van der Waals surface area (Å²) in [6.45, 7) is 5.46. The Morgan fingerprint density at radius 2 is 1.85 bits per heavy atom. The van der Waals surface area contributed by atoms with E-state index < -0.39 is 18.0 Å². The molecule has 34 heavy (non-hydrogen) atoms. The minimum atomic E-state index is -0.830. The molecule has 3 aromatic rings. The second-order valence-corrected chi connectivity index (χ2v) is 9.52. The van der Waals surface area contributed by atoms with E-state index in [0.29, 0.717) is 16.5 Å². The van der Waals surface area contributed by atoms with Crippen molar-refractivity contribution in [1.29, 1.82) is 0 Å². The van der Waals surface area contributed by atoms with Crippen LogP contribution in [0.5, 0.6) is 0 Å². The van der Waals surface area contributed by atoms with Crippen LogP contribution in [-0.2, 0) is 27.2 Å². The highest BCUT2D eigenvalue weighted by Crippen LogP contribution is 2.26. The number of rotatable bonds is 11. The molecule has 0 saturated heterocycles. The van der Waals surface area contributed by atoms with E-state index in [9.17, 15) is 14.4 Å². The third kappa shape index (κ3) is 7.13. The van der Waals surface area contributed by atoms with Gasteiger partial charge in [0.25, 0.3) is 0 Å². The van der Waals surface area contributed by atoms with Gasteiger partial charge in [0.15, 0.2) is 0 Å². The molecule has 4 N–H and O–H groups in total. The number of benzene rings is 2. The molecule has 9 heteroatoms. The zero-order chi connectivity index (χ0) is 24.7. The van der Waals surface area contributed by atoms with Crippen molar-refractivity contribution in [3.05, 3.63) is 76.3 Å². The summed E-state index contributed by atoms with van der Waals surface area (Å²) < 4.78 is 0.906. The van der Waals surface area contributed by atoms with E-state index in [1.165, 1.54) is 11.3 Å². The normalized spacial score (nSPS) is 12.6. The van der Waals surface area contributed by atoms with Crippen LogP contribution in [0.4, 0.5) is 0 Å². The maximum atomic E-state index is 13.3. The fraction of sp³-hybridized carbons (Fsp3) is 0.280. The number of amides is 3. The first-order chi connectivity index (χ1) is 16.2. The number of fused-ring (bicyclic) bond motifs is 1. The molecule has 0 radical (unpaired) electrons. The Morgan fingerprint density at radius 1 is 1.12 bits per heavy atom. The van der Waals surface area contributed by atoms with Gasteiger partial charge in [0.1, 0.15) is 6.04 Å². The summed E-state index contributed by atoms with van der Waals surface area (Å²) in [5.74, 6) is -1.22. The molecule has 2 aromatic carbocycles. The van der Waals surface area contributed by atoms with Gasteiger partial charge in [-0.3, -0.25) is 14.4 Å². The third-order valence-corrected chi connectivity index (χ3v) is 6.53. The minimum Gasteiger partial charge on any atom is -0.366 e. The predicted octanol–water partition coefficient (Wildman–Crippen LogP) is 3.55. The van der Waals surface area contributed by atoms with E-state index in [0.717, 1.165) is 15.8 Å². The van der Waals surface area contributed by atoms with Gasteiger partial charge < -0.3 is 16.4 Å². The van der Waals surface area contributed by atoms with Gasteiger partial charge in [0.2, 0.25) is 17.7 Å². The summed E-state index contributed by atoms with van der Waals surface area (Å²) in [4.78, 5) is 41.6. The van der Waals surface area contributed by atoms with Gasteiger partial charge >= 0.3 is 0 Å². The highest BCUT2D eigenvalue weighted by molar-refractivity contribution is 7.18. The van der Waals surface area contributed by atoms with Crippen molar-refractivity contribution in [2.45, 2.75) is 44.7 Å². The van der Waals surface area contributed by atoms with Crippen LogP contribution in [-0.4, -0.2) is 34.8 Å². The molecule has 0 unspecified atom stereocenters. The number of nitrogens with zero attached hydrogens (tertiary/aromatic N) is 1. The Balaban J connectivity index is 1.80. The second-order valence-electron chi connectivity index (χ2n) is 7.96. The quantitative estimate of drug-likeness (QED) is 0.351. The van der Waals surface area contributed by atoms with Crippen LogP contribution in [0.2, 0.25) is 5.02 Å². The van der Waals surface area contributed by atoms with Crippen LogP contribution in [0.1, 0.15) is 30.3 Å². The van der Waals surface area contributed by atoms with E-state index in [1.807, 2.05) is 42.5 Å². The molecule has 0 saturated carbocycles. The van der Waals surface area contributed by atoms with E-state index in [2.05, 4.69) is 22.2 Å². The molecule has 7 nitrogen and oxygen atoms in total. The number of hydrogen-bond donors (Lipinski definition) is 3. The van der Waals surface area contributed by atoms with Crippen LogP contribution >= 0.6 is 22.9 Å². The number of aromatic nitrogens is 1. The molecular weight excluding hydrogens is 472 g/mol. The summed E-state index contributed by atoms with van der Waals surface area (Å²) in [7, 11) is 0. The zero-order valence-corrected chi connectivity index (χ0v) is 20.4. The van der Waals surface area contributed by atoms with Crippen LogP contribution < -0.4 is 16.4 Å². The Morgan fingerprint density at radius 3 is 2.53 bits per heavy atom. The Bertz CT molecular complexity index is 1200. The number of primary amides is 1. The number of hydrogen-bond acceptors (Lipinski definition) is 5. The smallest absolute Gasteiger partial charge is 0.244 e. The van der Waals surface area contributed by atoms with E-state index >= 15 is 0 Å². The summed E-state index contributed by atoms with van der Waals surface area (Å²) >= 11 is 7.50. The average molecular weight is 499 g/mol. The molecule has 3 amide bonds.